The maximum absolute atomic E-state index is 5.07. The molecule has 0 bridgehead atoms. The van der Waals surface area contributed by atoms with E-state index in [4.69, 9.17) is 14.2 Å². The summed E-state index contributed by atoms with van der Waals surface area (Å²) in [6.07, 6.45) is 11.8. The van der Waals surface area contributed by atoms with Crippen LogP contribution in [0.15, 0.2) is 0 Å². The standard InChI is InChI=1S/3C5H10O.2H4N2/c3*1-2-4-6-5-3-1;2*1-2/h3*1-5H2;2*1-2H2. The first-order chi connectivity index (χ1) is 11.0. The molecule has 0 saturated carbocycles. The van der Waals surface area contributed by atoms with Crippen LogP contribution in [0.4, 0.5) is 0 Å². The molecule has 0 amide bonds. The van der Waals surface area contributed by atoms with Gasteiger partial charge >= 0.3 is 0 Å². The minimum atomic E-state index is 1.00. The van der Waals surface area contributed by atoms with E-state index in [-0.39, 0.29) is 0 Å². The Hall–Kier alpha value is -0.280. The Morgan fingerprint density at radius 2 is 0.500 bits per heavy atom. The topological polar surface area (TPSA) is 132 Å². The zero-order valence-corrected chi connectivity index (χ0v) is 14.1. The largest absolute Gasteiger partial charge is 0.381 e. The van der Waals surface area contributed by atoms with Crippen molar-refractivity contribution >= 4 is 0 Å². The molecule has 7 heteroatoms. The van der Waals surface area contributed by atoms with Gasteiger partial charge in [0.05, 0.1) is 0 Å². The van der Waals surface area contributed by atoms with Crippen molar-refractivity contribution < 1.29 is 14.2 Å². The van der Waals surface area contributed by atoms with Crippen LogP contribution >= 0.6 is 0 Å². The molecule has 8 N–H and O–H groups in total. The van der Waals surface area contributed by atoms with Gasteiger partial charge in [-0.2, -0.15) is 0 Å². The number of hydrogen-bond donors (Lipinski definition) is 4. The first-order valence-electron chi connectivity index (χ1n) is 8.40. The van der Waals surface area contributed by atoms with Gasteiger partial charge < -0.3 is 14.2 Å². The molecule has 22 heavy (non-hydrogen) atoms. The van der Waals surface area contributed by atoms with Crippen LogP contribution in [0.5, 0.6) is 0 Å². The third-order valence-corrected chi connectivity index (χ3v) is 3.23. The molecule has 3 aliphatic heterocycles. The van der Waals surface area contributed by atoms with Crippen molar-refractivity contribution in [3.63, 3.8) is 0 Å². The Balaban J connectivity index is 0. The Bertz CT molecular complexity index is 102. The summed E-state index contributed by atoms with van der Waals surface area (Å²) in [6.45, 7) is 6.00. The van der Waals surface area contributed by atoms with Gasteiger partial charge in [0.2, 0.25) is 0 Å². The second-order valence-electron chi connectivity index (χ2n) is 5.02. The van der Waals surface area contributed by atoms with Crippen molar-refractivity contribution in [1.82, 2.24) is 0 Å². The predicted molar refractivity (Wildman–Crippen MR) is 90.8 cm³/mol. The molecule has 0 aromatic heterocycles. The summed E-state index contributed by atoms with van der Waals surface area (Å²) in [5, 5.41) is 0. The normalized spacial score (nSPS) is 20.2. The van der Waals surface area contributed by atoms with Crippen molar-refractivity contribution in [3.05, 3.63) is 0 Å². The van der Waals surface area contributed by atoms with Crippen molar-refractivity contribution in [2.45, 2.75) is 57.8 Å². The SMILES string of the molecule is C1CCOCC1.C1CCOCC1.C1CCOCC1.NN.NN. The van der Waals surface area contributed by atoms with Gasteiger partial charge in [0.1, 0.15) is 0 Å². The van der Waals surface area contributed by atoms with Gasteiger partial charge in [-0.1, -0.05) is 0 Å². The number of hydrazine groups is 2. The Labute approximate surface area is 135 Å². The second kappa shape index (κ2) is 25.7. The lowest BCUT2D eigenvalue weighted by Crippen LogP contribution is -2.03. The molecular weight excluding hydrogens is 284 g/mol. The van der Waals surface area contributed by atoms with Crippen molar-refractivity contribution in [2.75, 3.05) is 39.6 Å². The maximum atomic E-state index is 5.07. The van der Waals surface area contributed by atoms with Crippen molar-refractivity contribution in [1.29, 1.82) is 0 Å². The van der Waals surface area contributed by atoms with Gasteiger partial charge in [0, 0.05) is 39.6 Å². The molecule has 0 spiro atoms. The van der Waals surface area contributed by atoms with Gasteiger partial charge in [-0.3, -0.25) is 23.4 Å². The number of ether oxygens (including phenoxy) is 3. The van der Waals surface area contributed by atoms with Gasteiger partial charge in [-0.25, -0.2) is 0 Å². The van der Waals surface area contributed by atoms with Gasteiger partial charge in [0.25, 0.3) is 0 Å². The Morgan fingerprint density at radius 1 is 0.318 bits per heavy atom. The summed E-state index contributed by atoms with van der Waals surface area (Å²) in [6, 6.07) is 0. The molecule has 3 aliphatic rings. The van der Waals surface area contributed by atoms with E-state index in [0.717, 1.165) is 39.6 Å². The van der Waals surface area contributed by atoms with E-state index in [1.807, 2.05) is 0 Å². The fraction of sp³-hybridized carbons (Fsp3) is 1.00. The Kier molecular flexibility index (Phi) is 28.0. The maximum Gasteiger partial charge on any atom is 0.0466 e. The van der Waals surface area contributed by atoms with Gasteiger partial charge in [-0.05, 0) is 57.8 Å². The molecular formula is C15H38N4O3. The van der Waals surface area contributed by atoms with Crippen LogP contribution in [0.3, 0.4) is 0 Å². The lowest BCUT2D eigenvalue weighted by atomic mass is 10.2. The van der Waals surface area contributed by atoms with Crippen LogP contribution in [0.2, 0.25) is 0 Å². The first-order valence-corrected chi connectivity index (χ1v) is 8.40. The second-order valence-corrected chi connectivity index (χ2v) is 5.02. The van der Waals surface area contributed by atoms with Crippen molar-refractivity contribution in [3.8, 4) is 0 Å². The van der Waals surface area contributed by atoms with E-state index in [9.17, 15) is 0 Å². The number of hydrogen-bond acceptors (Lipinski definition) is 7. The highest BCUT2D eigenvalue weighted by Gasteiger charge is 1.96. The smallest absolute Gasteiger partial charge is 0.0466 e. The van der Waals surface area contributed by atoms with Crippen LogP contribution in [0.25, 0.3) is 0 Å². The molecule has 3 heterocycles. The third kappa shape index (κ3) is 22.0. The molecule has 7 nitrogen and oxygen atoms in total. The van der Waals surface area contributed by atoms with E-state index in [2.05, 4.69) is 23.4 Å². The summed E-state index contributed by atoms with van der Waals surface area (Å²) in [5.41, 5.74) is 0. The van der Waals surface area contributed by atoms with E-state index in [0.29, 0.717) is 0 Å². The summed E-state index contributed by atoms with van der Waals surface area (Å²) in [7, 11) is 0. The molecule has 3 rings (SSSR count). The van der Waals surface area contributed by atoms with Gasteiger partial charge in [0.15, 0.2) is 0 Å². The molecule has 0 aliphatic carbocycles. The van der Waals surface area contributed by atoms with E-state index in [1.54, 1.807) is 0 Å². The summed E-state index contributed by atoms with van der Waals surface area (Å²) in [5.74, 6) is 16.0. The average molecular weight is 322 g/mol. The average Bonchev–Trinajstić information content (AvgIpc) is 2.70. The van der Waals surface area contributed by atoms with Crippen LogP contribution in [-0.2, 0) is 14.2 Å². The first kappa shape index (κ1) is 24.0. The van der Waals surface area contributed by atoms with E-state index < -0.39 is 0 Å². The predicted octanol–water partition coefficient (Wildman–Crippen LogP) is 1.20. The molecule has 0 aromatic rings. The molecule has 0 unspecified atom stereocenters. The zero-order valence-electron chi connectivity index (χ0n) is 14.1. The fourth-order valence-corrected chi connectivity index (χ4v) is 2.06. The number of rotatable bonds is 0. The quantitative estimate of drug-likeness (QED) is 0.389. The lowest BCUT2D eigenvalue weighted by Gasteiger charge is -2.08. The highest BCUT2D eigenvalue weighted by atomic mass is 16.5. The van der Waals surface area contributed by atoms with Crippen LogP contribution in [0, 0.1) is 0 Å². The number of nitrogens with two attached hydrogens (primary N) is 4. The highest BCUT2D eigenvalue weighted by molar-refractivity contribution is 4.46. The van der Waals surface area contributed by atoms with Gasteiger partial charge in [-0.15, -0.1) is 0 Å². The van der Waals surface area contributed by atoms with E-state index in [1.165, 1.54) is 57.8 Å². The molecule has 0 radical (unpaired) electrons. The fourth-order valence-electron chi connectivity index (χ4n) is 2.06. The minimum absolute atomic E-state index is 1.00. The Morgan fingerprint density at radius 3 is 0.545 bits per heavy atom. The third-order valence-electron chi connectivity index (χ3n) is 3.23. The summed E-state index contributed by atoms with van der Waals surface area (Å²) < 4.78 is 15.2. The minimum Gasteiger partial charge on any atom is -0.381 e. The summed E-state index contributed by atoms with van der Waals surface area (Å²) in [4.78, 5) is 0. The summed E-state index contributed by atoms with van der Waals surface area (Å²) >= 11 is 0. The highest BCUT2D eigenvalue weighted by Crippen LogP contribution is 2.03. The van der Waals surface area contributed by atoms with E-state index >= 15 is 0 Å². The molecule has 3 saturated heterocycles. The lowest BCUT2D eigenvalue weighted by molar-refractivity contribution is 0.0967. The van der Waals surface area contributed by atoms with Crippen molar-refractivity contribution in [2.24, 2.45) is 23.4 Å². The monoisotopic (exact) mass is 322 g/mol. The van der Waals surface area contributed by atoms with Crippen LogP contribution < -0.4 is 23.4 Å². The molecule has 3 fully saturated rings. The molecule has 0 aromatic carbocycles. The molecule has 136 valence electrons. The van der Waals surface area contributed by atoms with Crippen LogP contribution in [0.1, 0.15) is 57.8 Å². The van der Waals surface area contributed by atoms with Crippen LogP contribution in [-0.4, -0.2) is 39.6 Å². The molecule has 0 atom stereocenters. The zero-order chi connectivity index (χ0) is 16.7.